The Morgan fingerprint density at radius 1 is 1.38 bits per heavy atom. The van der Waals surface area contributed by atoms with E-state index in [1.807, 2.05) is 0 Å². The van der Waals surface area contributed by atoms with E-state index in [0.29, 0.717) is 17.0 Å². The van der Waals surface area contributed by atoms with Crippen LogP contribution in [0.2, 0.25) is 0 Å². The summed E-state index contributed by atoms with van der Waals surface area (Å²) >= 11 is 0.698. The van der Waals surface area contributed by atoms with E-state index >= 15 is 0 Å². The van der Waals surface area contributed by atoms with Gasteiger partial charge in [0.1, 0.15) is 5.83 Å². The molecular formula is C16H11F2NO4S. The average molecular weight is 351 g/mol. The lowest BCUT2D eigenvalue weighted by Gasteiger charge is -2.19. The number of ketones is 1. The van der Waals surface area contributed by atoms with Crippen LogP contribution in [-0.4, -0.2) is 27.7 Å². The topological polar surface area (TPSA) is 87.0 Å². The van der Waals surface area contributed by atoms with Crippen LogP contribution in [0.25, 0.3) is 0 Å². The van der Waals surface area contributed by atoms with Crippen molar-refractivity contribution in [2.45, 2.75) is 19.8 Å². The molecule has 1 aromatic rings. The van der Waals surface area contributed by atoms with Crippen molar-refractivity contribution in [3.8, 4) is 0 Å². The van der Waals surface area contributed by atoms with Crippen LogP contribution in [-0.2, 0) is 4.79 Å². The summed E-state index contributed by atoms with van der Waals surface area (Å²) in [6, 6.07) is 0.986. The van der Waals surface area contributed by atoms with E-state index < -0.39 is 34.9 Å². The first-order valence-electron chi connectivity index (χ1n) is 6.90. The number of Topliss-reactive ketones (excluding diaryl/α,β-unsaturated/α-hetero) is 1. The molecule has 0 saturated carbocycles. The minimum atomic E-state index is -1.14. The lowest BCUT2D eigenvalue weighted by molar-refractivity contribution is -0.136. The van der Waals surface area contributed by atoms with Crippen molar-refractivity contribution < 1.29 is 28.6 Å². The largest absolute Gasteiger partial charge is 0.505 e. The number of fused-ring (bicyclic) bond motifs is 1. The zero-order chi connectivity index (χ0) is 17.6. The minimum absolute atomic E-state index is 0.0418. The van der Waals surface area contributed by atoms with Crippen LogP contribution in [0.4, 0.5) is 8.78 Å². The number of hydrogen-bond donors (Lipinski definition) is 2. The van der Waals surface area contributed by atoms with Crippen molar-refractivity contribution in [1.82, 2.24) is 0 Å². The molecule has 0 saturated heterocycles. The lowest BCUT2D eigenvalue weighted by Crippen LogP contribution is -2.20. The van der Waals surface area contributed by atoms with Crippen LogP contribution in [0.5, 0.6) is 0 Å². The quantitative estimate of drug-likeness (QED) is 0.810. The number of halogens is 2. The standard InChI is InChI=1S/C16H11F2NO4S/c1-6-8(3-12(20)21)13-10(19-6)4-9(17)16(23)14(13)15(22)7-2-11(18)24-5-7/h2,5,23H,3-4H2,1H3,(H,20,21). The Balaban J connectivity index is 2.20. The van der Waals surface area contributed by atoms with Crippen LogP contribution in [0.15, 0.2) is 50.4 Å². The molecule has 1 aliphatic heterocycles. The van der Waals surface area contributed by atoms with E-state index in [9.17, 15) is 23.5 Å². The monoisotopic (exact) mass is 351 g/mol. The van der Waals surface area contributed by atoms with Gasteiger partial charge in [-0.15, -0.1) is 11.3 Å². The van der Waals surface area contributed by atoms with E-state index in [1.165, 1.54) is 5.38 Å². The van der Waals surface area contributed by atoms with Gasteiger partial charge in [0.2, 0.25) is 0 Å². The first-order chi connectivity index (χ1) is 11.3. The molecule has 0 atom stereocenters. The Morgan fingerprint density at radius 2 is 2.08 bits per heavy atom. The van der Waals surface area contributed by atoms with Gasteiger partial charge in [-0.2, -0.15) is 4.39 Å². The maximum Gasteiger partial charge on any atom is 0.307 e. The third-order valence-electron chi connectivity index (χ3n) is 3.78. The highest BCUT2D eigenvalue weighted by Gasteiger charge is 2.37. The third-order valence-corrected chi connectivity index (χ3v) is 4.50. The molecule has 0 radical (unpaired) electrons. The van der Waals surface area contributed by atoms with Crippen LogP contribution in [0.3, 0.4) is 0 Å². The zero-order valence-corrected chi connectivity index (χ0v) is 13.2. The molecular weight excluding hydrogens is 340 g/mol. The molecule has 0 unspecified atom stereocenters. The smallest absolute Gasteiger partial charge is 0.307 e. The number of carboxylic acids is 1. The first-order valence-corrected chi connectivity index (χ1v) is 7.78. The Bertz CT molecular complexity index is 905. The molecule has 5 nitrogen and oxygen atoms in total. The zero-order valence-electron chi connectivity index (χ0n) is 12.4. The van der Waals surface area contributed by atoms with Gasteiger partial charge in [-0.3, -0.25) is 14.6 Å². The second kappa shape index (κ2) is 5.79. The number of rotatable bonds is 4. The minimum Gasteiger partial charge on any atom is -0.505 e. The van der Waals surface area contributed by atoms with Crippen molar-refractivity contribution in [2.24, 2.45) is 4.99 Å². The summed E-state index contributed by atoms with van der Waals surface area (Å²) in [4.78, 5) is 27.9. The highest BCUT2D eigenvalue weighted by atomic mass is 32.1. The summed E-state index contributed by atoms with van der Waals surface area (Å²) in [5.74, 6) is -3.70. The van der Waals surface area contributed by atoms with Gasteiger partial charge >= 0.3 is 5.97 Å². The van der Waals surface area contributed by atoms with Gasteiger partial charge in [0.25, 0.3) is 0 Å². The number of aliphatic hydroxyl groups excluding tert-OH is 1. The number of hydrogen-bond acceptors (Lipinski definition) is 5. The molecule has 1 aliphatic carbocycles. The third kappa shape index (κ3) is 2.58. The maximum atomic E-state index is 14.0. The Hall–Kier alpha value is -2.61. The Morgan fingerprint density at radius 3 is 2.67 bits per heavy atom. The fourth-order valence-electron chi connectivity index (χ4n) is 2.75. The molecule has 0 spiro atoms. The second-order valence-corrected chi connectivity index (χ2v) is 6.20. The molecule has 24 heavy (non-hydrogen) atoms. The van der Waals surface area contributed by atoms with Crippen molar-refractivity contribution in [3.05, 3.63) is 56.1 Å². The van der Waals surface area contributed by atoms with Crippen molar-refractivity contribution in [1.29, 1.82) is 0 Å². The first kappa shape index (κ1) is 16.3. The van der Waals surface area contributed by atoms with E-state index in [2.05, 4.69) is 4.99 Å². The Labute approximate surface area is 139 Å². The normalized spacial score (nSPS) is 17.4. The average Bonchev–Trinajstić information content (AvgIpc) is 3.05. The summed E-state index contributed by atoms with van der Waals surface area (Å²) in [6.07, 6.45) is -0.742. The fraction of sp³-hybridized carbons (Fsp3) is 0.188. The predicted molar refractivity (Wildman–Crippen MR) is 83.4 cm³/mol. The fourth-order valence-corrected chi connectivity index (χ4v) is 3.36. The SMILES string of the molecule is CC1=C(CC(=O)O)C2=C(C(=O)c3csc(F)c3)C(O)=C(F)CC2=N1. The lowest BCUT2D eigenvalue weighted by atomic mass is 9.85. The van der Waals surface area contributed by atoms with E-state index in [-0.39, 0.29) is 34.4 Å². The van der Waals surface area contributed by atoms with Crippen molar-refractivity contribution in [2.75, 3.05) is 0 Å². The van der Waals surface area contributed by atoms with Crippen molar-refractivity contribution in [3.63, 3.8) is 0 Å². The number of carbonyl (C=O) groups excluding carboxylic acids is 1. The van der Waals surface area contributed by atoms with Crippen LogP contribution >= 0.6 is 11.3 Å². The number of aliphatic carboxylic acids is 1. The Kier molecular flexibility index (Phi) is 3.92. The summed E-state index contributed by atoms with van der Waals surface area (Å²) in [6.45, 7) is 1.55. The van der Waals surface area contributed by atoms with Gasteiger partial charge in [-0.1, -0.05) is 0 Å². The number of thiophene rings is 1. The highest BCUT2D eigenvalue weighted by molar-refractivity contribution is 7.08. The van der Waals surface area contributed by atoms with Gasteiger partial charge in [0.05, 0.1) is 17.7 Å². The number of carboxylic acid groups (broad SMARTS) is 1. The van der Waals surface area contributed by atoms with Crippen LogP contribution in [0, 0.1) is 5.13 Å². The molecule has 0 bridgehead atoms. The van der Waals surface area contributed by atoms with Crippen LogP contribution < -0.4 is 0 Å². The van der Waals surface area contributed by atoms with E-state index in [1.54, 1.807) is 6.92 Å². The maximum absolute atomic E-state index is 14.0. The molecule has 2 aliphatic rings. The van der Waals surface area contributed by atoms with Gasteiger partial charge in [-0.25, -0.2) is 4.39 Å². The van der Waals surface area contributed by atoms with Gasteiger partial charge < -0.3 is 10.2 Å². The molecule has 8 heteroatoms. The molecule has 0 fully saturated rings. The summed E-state index contributed by atoms with van der Waals surface area (Å²) < 4.78 is 27.2. The number of carbonyl (C=O) groups is 2. The van der Waals surface area contributed by atoms with Crippen molar-refractivity contribution >= 4 is 28.8 Å². The number of aliphatic hydroxyl groups is 1. The molecule has 124 valence electrons. The molecule has 3 rings (SSSR count). The molecule has 2 heterocycles. The highest BCUT2D eigenvalue weighted by Crippen LogP contribution is 2.40. The molecule has 2 N–H and O–H groups in total. The predicted octanol–water partition coefficient (Wildman–Crippen LogP) is 3.71. The molecule has 0 amide bonds. The van der Waals surface area contributed by atoms with Crippen LogP contribution in [0.1, 0.15) is 30.1 Å². The molecule has 0 aromatic carbocycles. The van der Waals surface area contributed by atoms with Gasteiger partial charge in [0, 0.05) is 28.6 Å². The van der Waals surface area contributed by atoms with E-state index in [0.717, 1.165) is 6.07 Å². The summed E-state index contributed by atoms with van der Waals surface area (Å²) in [5, 5.41) is 19.8. The number of allylic oxidation sites excluding steroid dienone is 4. The summed E-state index contributed by atoms with van der Waals surface area (Å²) in [5.41, 5.74) is 0.508. The molecule has 1 aromatic heterocycles. The van der Waals surface area contributed by atoms with Gasteiger partial charge in [-0.05, 0) is 18.6 Å². The van der Waals surface area contributed by atoms with E-state index in [4.69, 9.17) is 5.11 Å². The number of nitrogens with zero attached hydrogens (tertiary/aromatic N) is 1. The number of aliphatic imine (C=N–C) groups is 1. The van der Waals surface area contributed by atoms with Gasteiger partial charge in [0.15, 0.2) is 16.7 Å². The second-order valence-electron chi connectivity index (χ2n) is 5.34. The summed E-state index contributed by atoms with van der Waals surface area (Å²) in [7, 11) is 0.